The van der Waals surface area contributed by atoms with E-state index in [0.29, 0.717) is 52.1 Å². The van der Waals surface area contributed by atoms with Gasteiger partial charge in [0, 0.05) is 26.2 Å². The van der Waals surface area contributed by atoms with E-state index in [-0.39, 0.29) is 23.9 Å². The van der Waals surface area contributed by atoms with Crippen molar-refractivity contribution < 1.29 is 19.2 Å². The predicted molar refractivity (Wildman–Crippen MR) is 254 cm³/mol. The number of imide groups is 2. The van der Waals surface area contributed by atoms with Gasteiger partial charge in [-0.2, -0.15) is 0 Å². The lowest BCUT2D eigenvalue weighted by Crippen LogP contribution is -2.35. The van der Waals surface area contributed by atoms with Crippen LogP contribution in [-0.2, 0) is 22.7 Å². The first-order valence-electron chi connectivity index (χ1n) is 25.2. The molecule has 0 radical (unpaired) electrons. The van der Waals surface area contributed by atoms with E-state index in [9.17, 15) is 19.2 Å². The van der Waals surface area contributed by atoms with Gasteiger partial charge in [-0.25, -0.2) is 9.59 Å². The number of carbonyl (C=O) groups is 4. The summed E-state index contributed by atoms with van der Waals surface area (Å²) in [6.45, 7) is 7.39. The Hall–Kier alpha value is -3.76. The predicted octanol–water partition coefficient (Wildman–Crippen LogP) is 11.7. The Morgan fingerprint density at radius 1 is 0.403 bits per heavy atom. The van der Waals surface area contributed by atoms with Gasteiger partial charge in [0.2, 0.25) is 0 Å². The topological polar surface area (TPSA) is 133 Å². The maximum absolute atomic E-state index is 13.7. The minimum Gasteiger partial charge on any atom is -0.330 e. The lowest BCUT2D eigenvalue weighted by atomic mass is 10.0. The molecule has 2 aromatic rings. The number of hydrogen-bond donors (Lipinski definition) is 2. The van der Waals surface area contributed by atoms with Crippen LogP contribution in [0.25, 0.3) is 11.1 Å². The number of unbranched alkanes of at least 4 members (excludes halogenated alkanes) is 20. The highest BCUT2D eigenvalue weighted by atomic mass is 16.2. The largest absolute Gasteiger partial charge is 0.330 e. The van der Waals surface area contributed by atoms with Crippen LogP contribution in [0, 0.1) is 0 Å². The van der Waals surface area contributed by atoms with Crippen LogP contribution in [0.1, 0.15) is 192 Å². The van der Waals surface area contributed by atoms with Crippen molar-refractivity contribution in [1.82, 2.24) is 19.6 Å². The molecule has 0 saturated carbocycles. The van der Waals surface area contributed by atoms with Gasteiger partial charge in [0.15, 0.2) is 0 Å². The lowest BCUT2D eigenvalue weighted by molar-refractivity contribution is -0.129. The molecule has 0 aromatic heterocycles. The minimum absolute atomic E-state index is 0.0664. The number of nitrogens with two attached hydrogens (primary N) is 2. The quantitative estimate of drug-likeness (QED) is 0.0524. The molecule has 2 aromatic carbocycles. The molecule has 0 unspecified atom stereocenters. The maximum atomic E-state index is 13.7. The van der Waals surface area contributed by atoms with Crippen molar-refractivity contribution in [2.75, 3.05) is 26.2 Å². The van der Waals surface area contributed by atoms with Crippen LogP contribution in [-0.4, -0.2) is 81.7 Å². The van der Waals surface area contributed by atoms with Gasteiger partial charge in [0.1, 0.15) is 12.1 Å². The number of hydrogen-bond acceptors (Lipinski definition) is 6. The van der Waals surface area contributed by atoms with Gasteiger partial charge in [0.25, 0.3) is 11.8 Å². The van der Waals surface area contributed by atoms with Crippen LogP contribution in [0.15, 0.2) is 48.5 Å². The second-order valence-electron chi connectivity index (χ2n) is 18.2. The number of benzene rings is 2. The molecule has 2 heterocycles. The molecule has 0 aliphatic carbocycles. The van der Waals surface area contributed by atoms with Crippen LogP contribution in [0.5, 0.6) is 0 Å². The molecule has 0 spiro atoms. The highest BCUT2D eigenvalue weighted by Gasteiger charge is 2.45. The smallest absolute Gasteiger partial charge is 0.327 e. The molecule has 2 fully saturated rings. The first-order chi connectivity index (χ1) is 30.3. The normalized spacial score (nSPS) is 16.8. The van der Waals surface area contributed by atoms with Gasteiger partial charge in [-0.3, -0.25) is 19.4 Å². The molecule has 6 amide bonds. The molecule has 62 heavy (non-hydrogen) atoms. The highest BCUT2D eigenvalue weighted by molar-refractivity contribution is 6.04. The van der Waals surface area contributed by atoms with E-state index >= 15 is 0 Å². The Balaban J connectivity index is 1.30. The Labute approximate surface area is 375 Å². The maximum Gasteiger partial charge on any atom is 0.327 e. The van der Waals surface area contributed by atoms with Gasteiger partial charge in [-0.1, -0.05) is 178 Å². The molecule has 2 atom stereocenters. The first-order valence-corrected chi connectivity index (χ1v) is 25.2. The van der Waals surface area contributed by atoms with Crippen LogP contribution in [0.2, 0.25) is 0 Å². The van der Waals surface area contributed by atoms with Gasteiger partial charge in [0.05, 0.1) is 0 Å². The zero-order chi connectivity index (χ0) is 44.4. The SMILES string of the molecule is CCCCCCCCCCCCN1C(=O)[C@H](CCCCN)N(Cc2ccc(-c3ccc(CN4C(=O)N(CCCCCCCCCCCC)C(=O)[C@@H]4CCCCN)cc3)cc2)C1=O. The minimum atomic E-state index is -0.450. The standard InChI is InChI=1S/C52H84N6O4/c1-3-5-7-9-11-13-15-17-19-25-39-55-49(59)47(27-21-23-37-53)57(51(55)61)41-43-29-33-45(34-30-43)46-35-31-44(32-36-46)42-58-48(28-22-24-38-54)50(60)56(52(58)62)40-26-20-18-16-14-12-10-8-6-4-2/h29-36,47-48H,3-28,37-42,53-54H2,1-2H3/t47-,48-/m0/s1. The third kappa shape index (κ3) is 16.4. The van der Waals surface area contributed by atoms with E-state index in [1.165, 1.54) is 99.7 Å². The van der Waals surface area contributed by atoms with E-state index in [1.54, 1.807) is 9.80 Å². The van der Waals surface area contributed by atoms with Gasteiger partial charge >= 0.3 is 12.1 Å². The third-order valence-electron chi connectivity index (χ3n) is 13.1. The summed E-state index contributed by atoms with van der Waals surface area (Å²) in [5, 5.41) is 0. The van der Waals surface area contributed by atoms with E-state index in [2.05, 4.69) is 38.1 Å². The van der Waals surface area contributed by atoms with Gasteiger partial charge in [-0.05, 0) is 86.7 Å². The summed E-state index contributed by atoms with van der Waals surface area (Å²) < 4.78 is 0. The summed E-state index contributed by atoms with van der Waals surface area (Å²) in [5.74, 6) is -0.133. The monoisotopic (exact) mass is 857 g/mol. The average molecular weight is 857 g/mol. The van der Waals surface area contributed by atoms with Crippen molar-refractivity contribution in [2.24, 2.45) is 11.5 Å². The van der Waals surface area contributed by atoms with E-state index in [4.69, 9.17) is 11.5 Å². The summed E-state index contributed by atoms with van der Waals surface area (Å²) in [7, 11) is 0. The molecule has 4 N–H and O–H groups in total. The van der Waals surface area contributed by atoms with Crippen LogP contribution < -0.4 is 11.5 Å². The molecular weight excluding hydrogens is 773 g/mol. The molecule has 0 bridgehead atoms. The van der Waals surface area contributed by atoms with Crippen LogP contribution in [0.3, 0.4) is 0 Å². The summed E-state index contributed by atoms with van der Waals surface area (Å²) in [6.07, 6.45) is 28.7. The molecule has 2 aliphatic heterocycles. The van der Waals surface area contributed by atoms with Crippen molar-refractivity contribution in [3.05, 3.63) is 59.7 Å². The lowest BCUT2D eigenvalue weighted by Gasteiger charge is -2.22. The summed E-state index contributed by atoms with van der Waals surface area (Å²) in [4.78, 5) is 61.2. The summed E-state index contributed by atoms with van der Waals surface area (Å²) in [6, 6.07) is 15.2. The highest BCUT2D eigenvalue weighted by Crippen LogP contribution is 2.29. The second-order valence-corrected chi connectivity index (χ2v) is 18.2. The Morgan fingerprint density at radius 3 is 1.02 bits per heavy atom. The zero-order valence-corrected chi connectivity index (χ0v) is 39.0. The van der Waals surface area contributed by atoms with Crippen LogP contribution in [0.4, 0.5) is 9.59 Å². The second kappa shape index (κ2) is 29.6. The third-order valence-corrected chi connectivity index (χ3v) is 13.1. The van der Waals surface area contributed by atoms with Crippen LogP contribution >= 0.6 is 0 Å². The van der Waals surface area contributed by atoms with E-state index in [1.807, 2.05) is 24.3 Å². The van der Waals surface area contributed by atoms with Crippen molar-refractivity contribution in [3.8, 4) is 11.1 Å². The Morgan fingerprint density at radius 2 is 0.710 bits per heavy atom. The molecule has 4 rings (SSSR count). The Bertz CT molecular complexity index is 1460. The fraction of sp³-hybridized carbons (Fsp3) is 0.692. The number of rotatable bonds is 35. The average Bonchev–Trinajstić information content (AvgIpc) is 3.63. The summed E-state index contributed by atoms with van der Waals surface area (Å²) in [5.41, 5.74) is 15.6. The van der Waals surface area contributed by atoms with E-state index in [0.717, 1.165) is 86.5 Å². The molecule has 2 saturated heterocycles. The fourth-order valence-corrected chi connectivity index (χ4v) is 9.19. The molecular formula is C52H84N6O4. The van der Waals surface area contributed by atoms with Crippen molar-refractivity contribution in [1.29, 1.82) is 0 Å². The number of nitrogens with zero attached hydrogens (tertiary/aromatic N) is 4. The Kier molecular flexibility index (Phi) is 24.3. The van der Waals surface area contributed by atoms with Crippen molar-refractivity contribution in [2.45, 2.75) is 206 Å². The zero-order valence-electron chi connectivity index (χ0n) is 39.0. The molecule has 2 aliphatic rings. The number of urea groups is 2. The van der Waals surface area contributed by atoms with Crippen molar-refractivity contribution >= 4 is 23.9 Å². The van der Waals surface area contributed by atoms with Gasteiger partial charge < -0.3 is 21.3 Å². The van der Waals surface area contributed by atoms with Crippen molar-refractivity contribution in [3.63, 3.8) is 0 Å². The molecule has 346 valence electrons. The summed E-state index contributed by atoms with van der Waals surface area (Å²) >= 11 is 0. The molecule has 10 nitrogen and oxygen atoms in total. The van der Waals surface area contributed by atoms with Gasteiger partial charge in [-0.15, -0.1) is 0 Å². The molecule has 10 heteroatoms. The first kappa shape index (κ1) is 50.9. The number of carbonyl (C=O) groups excluding carboxylic acids is 4. The van der Waals surface area contributed by atoms with E-state index < -0.39 is 12.1 Å². The number of amides is 6. The fourth-order valence-electron chi connectivity index (χ4n) is 9.19.